The molecule has 2 saturated heterocycles. The summed E-state index contributed by atoms with van der Waals surface area (Å²) in [5, 5.41) is 24.5. The Labute approximate surface area is 182 Å². The molecule has 2 aliphatic rings. The lowest BCUT2D eigenvalue weighted by atomic mass is 10.2. The first-order valence-electron chi connectivity index (χ1n) is 10.0. The molecule has 0 bridgehead atoms. The van der Waals surface area contributed by atoms with Gasteiger partial charge in [-0.3, -0.25) is 0 Å². The summed E-state index contributed by atoms with van der Waals surface area (Å²) in [6.07, 6.45) is 4.41. The van der Waals surface area contributed by atoms with E-state index < -0.39 is 6.09 Å². The second-order valence-electron chi connectivity index (χ2n) is 6.73. The number of nitrogens with zero attached hydrogens (tertiary/aromatic N) is 2. The zero-order chi connectivity index (χ0) is 22.2. The smallest absolute Gasteiger partial charge is 0.404 e. The van der Waals surface area contributed by atoms with Crippen LogP contribution in [0.4, 0.5) is 9.93 Å². The van der Waals surface area contributed by atoms with E-state index in [0.29, 0.717) is 0 Å². The normalized spacial score (nSPS) is 16.8. The number of ether oxygens (including phenoxy) is 1. The van der Waals surface area contributed by atoms with Crippen molar-refractivity contribution in [3.63, 3.8) is 0 Å². The standard InChI is InChI=1S/C8H10O.C7H10N2S.C4H9NO.C2H5NO2/c1-7-3-5-8(9-2)6-4-7;1-2-5-9(4-1)7-8-3-6-10-7;6-4-1-2-5-3-4;1-3-2(4)5/h3-6H,1-2H3;3,6H,1-2,4-5H2;4-6H,1-3H2;3H,1H3,(H,4,5). The van der Waals surface area contributed by atoms with Crippen LogP contribution in [-0.4, -0.2) is 67.7 Å². The number of β-amino-alcohol motifs (C(OH)–C–C–N with tert-alkyl or cyclic N) is 1. The summed E-state index contributed by atoms with van der Waals surface area (Å²) < 4.78 is 4.97. The van der Waals surface area contributed by atoms with Crippen molar-refractivity contribution in [1.29, 1.82) is 0 Å². The molecule has 1 atom stereocenters. The van der Waals surface area contributed by atoms with Crippen LogP contribution in [0.2, 0.25) is 0 Å². The number of methoxy groups -OCH3 is 1. The average Bonchev–Trinajstić information content (AvgIpc) is 3.52. The van der Waals surface area contributed by atoms with E-state index in [0.717, 1.165) is 25.3 Å². The van der Waals surface area contributed by atoms with Crippen LogP contribution in [0.3, 0.4) is 0 Å². The van der Waals surface area contributed by atoms with Gasteiger partial charge in [-0.15, -0.1) is 11.3 Å². The Morgan fingerprint density at radius 1 is 1.30 bits per heavy atom. The van der Waals surface area contributed by atoms with Crippen molar-refractivity contribution in [2.75, 3.05) is 45.2 Å². The highest BCUT2D eigenvalue weighted by atomic mass is 32.1. The number of thiazole rings is 1. The highest BCUT2D eigenvalue weighted by Crippen LogP contribution is 2.21. The summed E-state index contributed by atoms with van der Waals surface area (Å²) >= 11 is 1.74. The van der Waals surface area contributed by atoms with Crippen molar-refractivity contribution in [2.45, 2.75) is 32.3 Å². The minimum absolute atomic E-state index is 0.0648. The van der Waals surface area contributed by atoms with Gasteiger partial charge >= 0.3 is 6.09 Å². The molecule has 0 spiro atoms. The van der Waals surface area contributed by atoms with Crippen LogP contribution in [0.25, 0.3) is 0 Å². The van der Waals surface area contributed by atoms with Crippen molar-refractivity contribution in [2.24, 2.45) is 0 Å². The predicted molar refractivity (Wildman–Crippen MR) is 122 cm³/mol. The van der Waals surface area contributed by atoms with Crippen molar-refractivity contribution >= 4 is 22.6 Å². The van der Waals surface area contributed by atoms with Crippen LogP contribution in [-0.2, 0) is 0 Å². The van der Waals surface area contributed by atoms with E-state index in [1.54, 1.807) is 18.4 Å². The molecular formula is C21H34N4O4S. The molecule has 2 fully saturated rings. The fourth-order valence-electron chi connectivity index (χ4n) is 2.59. The van der Waals surface area contributed by atoms with E-state index in [1.807, 2.05) is 41.2 Å². The highest BCUT2D eigenvalue weighted by Gasteiger charge is 2.13. The lowest BCUT2D eigenvalue weighted by Crippen LogP contribution is -2.16. The number of benzene rings is 1. The van der Waals surface area contributed by atoms with Crippen LogP contribution in [0, 0.1) is 6.92 Å². The third-order valence-corrected chi connectivity index (χ3v) is 5.13. The first kappa shape index (κ1) is 25.7. The summed E-state index contributed by atoms with van der Waals surface area (Å²) in [7, 11) is 3.02. The van der Waals surface area contributed by atoms with Gasteiger partial charge in [0, 0.05) is 38.3 Å². The van der Waals surface area contributed by atoms with E-state index in [4.69, 9.17) is 14.9 Å². The zero-order valence-corrected chi connectivity index (χ0v) is 18.8. The van der Waals surface area contributed by atoms with Crippen molar-refractivity contribution in [3.05, 3.63) is 41.4 Å². The summed E-state index contributed by atoms with van der Waals surface area (Å²) in [5.41, 5.74) is 1.26. The number of hydrogen-bond acceptors (Lipinski definition) is 7. The summed E-state index contributed by atoms with van der Waals surface area (Å²) in [5.74, 6) is 0.917. The molecule has 168 valence electrons. The number of amides is 1. The third kappa shape index (κ3) is 11.6. The fraction of sp³-hybridized carbons (Fsp3) is 0.524. The van der Waals surface area contributed by atoms with Gasteiger partial charge in [0.2, 0.25) is 0 Å². The highest BCUT2D eigenvalue weighted by molar-refractivity contribution is 7.13. The molecule has 4 rings (SSSR count). The monoisotopic (exact) mass is 438 g/mol. The number of aromatic nitrogens is 1. The third-order valence-electron chi connectivity index (χ3n) is 4.30. The first-order valence-corrected chi connectivity index (χ1v) is 10.9. The Morgan fingerprint density at radius 2 is 1.93 bits per heavy atom. The molecule has 9 heteroatoms. The number of carbonyl (C=O) groups is 1. The van der Waals surface area contributed by atoms with Gasteiger partial charge in [0.1, 0.15) is 5.75 Å². The molecule has 0 radical (unpaired) electrons. The molecule has 1 unspecified atom stereocenters. The van der Waals surface area contributed by atoms with Gasteiger partial charge in [-0.2, -0.15) is 0 Å². The number of nitrogens with one attached hydrogen (secondary N) is 2. The zero-order valence-electron chi connectivity index (χ0n) is 18.0. The van der Waals surface area contributed by atoms with Gasteiger partial charge in [0.05, 0.1) is 13.2 Å². The van der Waals surface area contributed by atoms with E-state index in [9.17, 15) is 4.79 Å². The van der Waals surface area contributed by atoms with Gasteiger partial charge in [-0.1, -0.05) is 17.7 Å². The molecule has 0 aliphatic carbocycles. The number of carboxylic acid groups (broad SMARTS) is 1. The Bertz CT molecular complexity index is 671. The molecule has 4 N–H and O–H groups in total. The molecule has 1 aromatic carbocycles. The Balaban J connectivity index is 0.000000208. The molecule has 0 saturated carbocycles. The Kier molecular flexibility index (Phi) is 13.2. The number of aliphatic hydroxyl groups excluding tert-OH is 1. The lowest BCUT2D eigenvalue weighted by Gasteiger charge is -2.11. The second kappa shape index (κ2) is 15.5. The maximum Gasteiger partial charge on any atom is 0.404 e. The van der Waals surface area contributed by atoms with Crippen molar-refractivity contribution in [1.82, 2.24) is 15.6 Å². The number of hydrogen-bond donors (Lipinski definition) is 4. The predicted octanol–water partition coefficient (Wildman–Crippen LogP) is 2.97. The molecule has 8 nitrogen and oxygen atoms in total. The van der Waals surface area contributed by atoms with Gasteiger partial charge < -0.3 is 30.5 Å². The summed E-state index contributed by atoms with van der Waals surface area (Å²) in [6, 6.07) is 7.96. The topological polar surface area (TPSA) is 107 Å². The van der Waals surface area contributed by atoms with Gasteiger partial charge in [0.15, 0.2) is 5.13 Å². The van der Waals surface area contributed by atoms with Crippen LogP contribution in [0.5, 0.6) is 5.75 Å². The minimum Gasteiger partial charge on any atom is -0.497 e. The average molecular weight is 439 g/mol. The number of aryl methyl sites for hydroxylation is 1. The minimum atomic E-state index is -0.995. The van der Waals surface area contributed by atoms with Gasteiger partial charge in [-0.25, -0.2) is 9.78 Å². The lowest BCUT2D eigenvalue weighted by molar-refractivity contribution is 0.196. The number of aliphatic hydroxyl groups is 1. The quantitative estimate of drug-likeness (QED) is 0.571. The molecule has 1 aromatic heterocycles. The molecule has 3 heterocycles. The van der Waals surface area contributed by atoms with Crippen LogP contribution in [0.15, 0.2) is 35.8 Å². The second-order valence-corrected chi connectivity index (χ2v) is 7.60. The molecule has 2 aromatic rings. The Hall–Kier alpha value is -2.36. The van der Waals surface area contributed by atoms with Crippen LogP contribution >= 0.6 is 11.3 Å². The maximum atomic E-state index is 9.26. The maximum absolute atomic E-state index is 9.26. The van der Waals surface area contributed by atoms with Crippen LogP contribution < -0.4 is 20.3 Å². The van der Waals surface area contributed by atoms with Gasteiger partial charge in [0.25, 0.3) is 0 Å². The molecule has 30 heavy (non-hydrogen) atoms. The van der Waals surface area contributed by atoms with Crippen molar-refractivity contribution in [3.8, 4) is 5.75 Å². The SMILES string of the molecule is CNC(=O)O.COc1ccc(C)cc1.OC1CCNC1.c1csc(N2CCCC2)n1. The molecule has 2 aliphatic heterocycles. The van der Waals surface area contributed by atoms with E-state index in [2.05, 4.69) is 22.1 Å². The van der Waals surface area contributed by atoms with Crippen molar-refractivity contribution < 1.29 is 19.7 Å². The van der Waals surface area contributed by atoms with E-state index in [1.165, 1.54) is 43.7 Å². The van der Waals surface area contributed by atoms with E-state index in [-0.39, 0.29) is 6.10 Å². The number of rotatable bonds is 2. The summed E-state index contributed by atoms with van der Waals surface area (Å²) in [6.45, 7) is 6.24. The largest absolute Gasteiger partial charge is 0.497 e. The van der Waals surface area contributed by atoms with Crippen LogP contribution in [0.1, 0.15) is 24.8 Å². The number of anilines is 1. The molecular weight excluding hydrogens is 404 g/mol. The first-order chi connectivity index (χ1) is 14.5. The van der Waals surface area contributed by atoms with E-state index >= 15 is 0 Å². The fourth-order valence-corrected chi connectivity index (χ4v) is 3.29. The Morgan fingerprint density at radius 3 is 2.30 bits per heavy atom. The van der Waals surface area contributed by atoms with Gasteiger partial charge in [-0.05, 0) is 44.9 Å². The molecule has 1 amide bonds. The summed E-state index contributed by atoms with van der Waals surface area (Å²) in [4.78, 5) is 15.9.